The van der Waals surface area contributed by atoms with Crippen LogP contribution in [0.1, 0.15) is 11.4 Å². The molecule has 3 rings (SSSR count). The minimum atomic E-state index is 0.674. The standard InChI is InChI=1S/C13H11BrN4/c14-11-5-10(8-15)6-12(7-11)18-4-3-17-2-1-16-13(17)9-18/h1-2,5-7H,3-4,9H2. The Balaban J connectivity index is 1.93. The lowest BCUT2D eigenvalue weighted by molar-refractivity contribution is 0.560. The van der Waals surface area contributed by atoms with E-state index in [0.29, 0.717) is 5.56 Å². The molecule has 1 aliphatic rings. The topological polar surface area (TPSA) is 44.9 Å². The minimum Gasteiger partial charge on any atom is -0.362 e. The van der Waals surface area contributed by atoms with Crippen LogP contribution >= 0.6 is 15.9 Å². The quantitative estimate of drug-likeness (QED) is 0.813. The van der Waals surface area contributed by atoms with Crippen LogP contribution in [0.25, 0.3) is 0 Å². The van der Waals surface area contributed by atoms with Crippen molar-refractivity contribution >= 4 is 21.6 Å². The number of aromatic nitrogens is 2. The number of imidazole rings is 1. The Hall–Kier alpha value is -1.80. The van der Waals surface area contributed by atoms with Gasteiger partial charge in [0.25, 0.3) is 0 Å². The summed E-state index contributed by atoms with van der Waals surface area (Å²) < 4.78 is 3.10. The third-order valence-electron chi connectivity index (χ3n) is 3.12. The Bertz CT molecular complexity index is 626. The molecule has 18 heavy (non-hydrogen) atoms. The maximum absolute atomic E-state index is 9.00. The SMILES string of the molecule is N#Cc1cc(Br)cc(N2CCn3ccnc3C2)c1. The molecule has 4 nitrogen and oxygen atoms in total. The minimum absolute atomic E-state index is 0.674. The van der Waals surface area contributed by atoms with E-state index >= 15 is 0 Å². The van der Waals surface area contributed by atoms with E-state index < -0.39 is 0 Å². The first-order valence-electron chi connectivity index (χ1n) is 5.72. The summed E-state index contributed by atoms with van der Waals surface area (Å²) in [5.74, 6) is 1.07. The Morgan fingerprint density at radius 2 is 2.17 bits per heavy atom. The molecule has 1 aromatic heterocycles. The van der Waals surface area contributed by atoms with Gasteiger partial charge in [-0.2, -0.15) is 5.26 Å². The number of hydrogen-bond acceptors (Lipinski definition) is 3. The van der Waals surface area contributed by atoms with E-state index in [-0.39, 0.29) is 0 Å². The van der Waals surface area contributed by atoms with Crippen LogP contribution in [0.2, 0.25) is 0 Å². The molecular formula is C13H11BrN4. The molecule has 0 saturated heterocycles. The molecule has 0 bridgehead atoms. The zero-order valence-corrected chi connectivity index (χ0v) is 11.3. The number of nitriles is 1. The van der Waals surface area contributed by atoms with Crippen LogP contribution in [0.5, 0.6) is 0 Å². The van der Waals surface area contributed by atoms with E-state index in [1.165, 1.54) is 0 Å². The number of fused-ring (bicyclic) bond motifs is 1. The first kappa shape index (κ1) is 11.3. The number of rotatable bonds is 1. The number of anilines is 1. The molecule has 0 fully saturated rings. The van der Waals surface area contributed by atoms with E-state index in [1.54, 1.807) is 0 Å². The van der Waals surface area contributed by atoms with Gasteiger partial charge in [-0.25, -0.2) is 4.98 Å². The highest BCUT2D eigenvalue weighted by Gasteiger charge is 2.17. The summed E-state index contributed by atoms with van der Waals surface area (Å²) in [5, 5.41) is 9.00. The summed E-state index contributed by atoms with van der Waals surface area (Å²) in [6, 6.07) is 7.97. The monoisotopic (exact) mass is 302 g/mol. The van der Waals surface area contributed by atoms with Crippen LogP contribution < -0.4 is 4.90 Å². The van der Waals surface area contributed by atoms with Crippen molar-refractivity contribution < 1.29 is 0 Å². The van der Waals surface area contributed by atoms with Crippen molar-refractivity contribution in [3.05, 3.63) is 46.5 Å². The normalized spacial score (nSPS) is 14.1. The van der Waals surface area contributed by atoms with E-state index in [2.05, 4.69) is 36.5 Å². The van der Waals surface area contributed by atoms with Crippen molar-refractivity contribution in [2.24, 2.45) is 0 Å². The molecule has 2 heterocycles. The molecule has 1 aromatic carbocycles. The lowest BCUT2D eigenvalue weighted by Crippen LogP contribution is -2.33. The van der Waals surface area contributed by atoms with Gasteiger partial charge >= 0.3 is 0 Å². The number of halogens is 1. The summed E-state index contributed by atoms with van der Waals surface area (Å²) in [6.45, 7) is 2.66. The van der Waals surface area contributed by atoms with E-state index in [9.17, 15) is 0 Å². The molecule has 0 amide bonds. The van der Waals surface area contributed by atoms with Gasteiger partial charge < -0.3 is 9.47 Å². The molecule has 1 aliphatic heterocycles. The van der Waals surface area contributed by atoms with Gasteiger partial charge in [0.05, 0.1) is 18.2 Å². The Morgan fingerprint density at radius 1 is 1.28 bits per heavy atom. The Labute approximate surface area is 114 Å². The third kappa shape index (κ3) is 2.00. The summed E-state index contributed by atoms with van der Waals surface area (Å²) in [5.41, 5.74) is 1.74. The average Bonchev–Trinajstić information content (AvgIpc) is 2.85. The van der Waals surface area contributed by atoms with Gasteiger partial charge in [0.15, 0.2) is 0 Å². The maximum Gasteiger partial charge on any atom is 0.128 e. The average molecular weight is 303 g/mol. The van der Waals surface area contributed by atoms with Crippen LogP contribution in [0.15, 0.2) is 35.1 Å². The number of benzene rings is 1. The van der Waals surface area contributed by atoms with Crippen LogP contribution in [0.4, 0.5) is 5.69 Å². The lowest BCUT2D eigenvalue weighted by atomic mass is 10.2. The fourth-order valence-corrected chi connectivity index (χ4v) is 2.70. The van der Waals surface area contributed by atoms with Crippen molar-refractivity contribution in [3.63, 3.8) is 0 Å². The molecule has 0 spiro atoms. The van der Waals surface area contributed by atoms with Crippen LogP contribution in [0.3, 0.4) is 0 Å². The molecule has 0 N–H and O–H groups in total. The first-order chi connectivity index (χ1) is 8.76. The molecule has 2 aromatic rings. The van der Waals surface area contributed by atoms with Gasteiger partial charge in [-0.15, -0.1) is 0 Å². The summed E-state index contributed by atoms with van der Waals surface area (Å²) in [7, 11) is 0. The van der Waals surface area contributed by atoms with Gasteiger partial charge in [0.1, 0.15) is 5.82 Å². The Kier molecular flexibility index (Phi) is 2.80. The predicted octanol–water partition coefficient (Wildman–Crippen LogP) is 2.54. The highest BCUT2D eigenvalue weighted by molar-refractivity contribution is 9.10. The third-order valence-corrected chi connectivity index (χ3v) is 3.58. The highest BCUT2D eigenvalue weighted by atomic mass is 79.9. The van der Waals surface area contributed by atoms with Crippen molar-refractivity contribution in [1.29, 1.82) is 5.26 Å². The van der Waals surface area contributed by atoms with E-state index in [1.807, 2.05) is 30.6 Å². The Morgan fingerprint density at radius 3 is 3.00 bits per heavy atom. The molecule has 0 atom stereocenters. The van der Waals surface area contributed by atoms with Crippen molar-refractivity contribution in [2.75, 3.05) is 11.4 Å². The van der Waals surface area contributed by atoms with Gasteiger partial charge in [-0.05, 0) is 18.2 Å². The second-order valence-electron chi connectivity index (χ2n) is 4.27. The molecular weight excluding hydrogens is 292 g/mol. The predicted molar refractivity (Wildman–Crippen MR) is 72.1 cm³/mol. The summed E-state index contributed by atoms with van der Waals surface area (Å²) in [4.78, 5) is 6.59. The van der Waals surface area contributed by atoms with Crippen molar-refractivity contribution in [1.82, 2.24) is 9.55 Å². The molecule has 0 unspecified atom stereocenters. The summed E-state index contributed by atoms with van der Waals surface area (Å²) >= 11 is 3.45. The van der Waals surface area contributed by atoms with Gasteiger partial charge in [-0.1, -0.05) is 15.9 Å². The van der Waals surface area contributed by atoms with Gasteiger partial charge in [0, 0.05) is 35.6 Å². The maximum atomic E-state index is 9.00. The fourth-order valence-electron chi connectivity index (χ4n) is 2.22. The van der Waals surface area contributed by atoms with E-state index in [0.717, 1.165) is 35.6 Å². The lowest BCUT2D eigenvalue weighted by Gasteiger charge is -2.29. The van der Waals surface area contributed by atoms with Crippen LogP contribution in [-0.2, 0) is 13.1 Å². The van der Waals surface area contributed by atoms with Crippen molar-refractivity contribution in [2.45, 2.75) is 13.1 Å². The van der Waals surface area contributed by atoms with Crippen LogP contribution in [-0.4, -0.2) is 16.1 Å². The molecule has 0 saturated carbocycles. The highest BCUT2D eigenvalue weighted by Crippen LogP contribution is 2.25. The molecule has 5 heteroatoms. The molecule has 0 aliphatic carbocycles. The molecule has 0 radical (unpaired) electrons. The fraction of sp³-hybridized carbons (Fsp3) is 0.231. The van der Waals surface area contributed by atoms with E-state index in [4.69, 9.17) is 5.26 Å². The second kappa shape index (κ2) is 4.46. The smallest absolute Gasteiger partial charge is 0.128 e. The largest absolute Gasteiger partial charge is 0.362 e. The van der Waals surface area contributed by atoms with Gasteiger partial charge in [-0.3, -0.25) is 0 Å². The van der Waals surface area contributed by atoms with Crippen molar-refractivity contribution in [3.8, 4) is 6.07 Å². The zero-order valence-electron chi connectivity index (χ0n) is 9.67. The van der Waals surface area contributed by atoms with Gasteiger partial charge in [0.2, 0.25) is 0 Å². The summed E-state index contributed by atoms with van der Waals surface area (Å²) in [6.07, 6.45) is 3.84. The number of nitrogens with zero attached hydrogens (tertiary/aromatic N) is 4. The zero-order chi connectivity index (χ0) is 12.5. The number of hydrogen-bond donors (Lipinski definition) is 0. The second-order valence-corrected chi connectivity index (χ2v) is 5.18. The van der Waals surface area contributed by atoms with Crippen LogP contribution in [0, 0.1) is 11.3 Å². The molecule has 90 valence electrons. The first-order valence-corrected chi connectivity index (χ1v) is 6.51.